The molecule has 0 saturated heterocycles. The van der Waals surface area contributed by atoms with E-state index < -0.39 is 0 Å². The van der Waals surface area contributed by atoms with Gasteiger partial charge < -0.3 is 14.8 Å². The van der Waals surface area contributed by atoms with Gasteiger partial charge in [-0.25, -0.2) is 4.39 Å². The molecule has 112 valence electrons. The van der Waals surface area contributed by atoms with E-state index in [1.807, 2.05) is 38.1 Å². The lowest BCUT2D eigenvalue weighted by Gasteiger charge is -2.15. The van der Waals surface area contributed by atoms with Crippen molar-refractivity contribution in [2.75, 3.05) is 12.4 Å². The van der Waals surface area contributed by atoms with Crippen molar-refractivity contribution in [1.29, 1.82) is 0 Å². The normalized spacial score (nSPS) is 10.5. The van der Waals surface area contributed by atoms with Crippen molar-refractivity contribution in [3.8, 4) is 11.5 Å². The van der Waals surface area contributed by atoms with Crippen LogP contribution in [0, 0.1) is 5.82 Å². The molecule has 2 aromatic carbocycles. The van der Waals surface area contributed by atoms with Crippen LogP contribution in [0.5, 0.6) is 11.5 Å². The predicted octanol–water partition coefficient (Wildman–Crippen LogP) is 4.23. The SMILES string of the molecule is COc1ccc(CNc2cccc(F)c2)cc1OC(C)C. The molecular formula is C17H20FNO2. The highest BCUT2D eigenvalue weighted by atomic mass is 19.1. The maximum atomic E-state index is 13.1. The molecule has 1 N–H and O–H groups in total. The summed E-state index contributed by atoms with van der Waals surface area (Å²) in [6.45, 7) is 4.52. The molecule has 4 heteroatoms. The van der Waals surface area contributed by atoms with E-state index in [2.05, 4.69) is 5.32 Å². The van der Waals surface area contributed by atoms with Crippen molar-refractivity contribution >= 4 is 5.69 Å². The zero-order valence-corrected chi connectivity index (χ0v) is 12.5. The van der Waals surface area contributed by atoms with Gasteiger partial charge in [-0.15, -0.1) is 0 Å². The van der Waals surface area contributed by atoms with Crippen LogP contribution in [0.2, 0.25) is 0 Å². The number of methoxy groups -OCH3 is 1. The van der Waals surface area contributed by atoms with E-state index in [-0.39, 0.29) is 11.9 Å². The summed E-state index contributed by atoms with van der Waals surface area (Å²) in [6.07, 6.45) is 0.0744. The van der Waals surface area contributed by atoms with Gasteiger partial charge in [0.1, 0.15) is 5.82 Å². The first kappa shape index (κ1) is 15.2. The van der Waals surface area contributed by atoms with Gasteiger partial charge in [-0.3, -0.25) is 0 Å². The Balaban J connectivity index is 2.09. The lowest BCUT2D eigenvalue weighted by Crippen LogP contribution is -2.07. The van der Waals surface area contributed by atoms with Crippen molar-refractivity contribution in [2.45, 2.75) is 26.5 Å². The summed E-state index contributed by atoms with van der Waals surface area (Å²) in [7, 11) is 1.62. The molecule has 0 atom stereocenters. The maximum absolute atomic E-state index is 13.1. The number of anilines is 1. The highest BCUT2D eigenvalue weighted by molar-refractivity contribution is 5.47. The Bertz CT molecular complexity index is 599. The second-order valence-corrected chi connectivity index (χ2v) is 5.02. The Labute approximate surface area is 124 Å². The number of hydrogen-bond donors (Lipinski definition) is 1. The van der Waals surface area contributed by atoms with Gasteiger partial charge in [0.25, 0.3) is 0 Å². The van der Waals surface area contributed by atoms with Crippen molar-refractivity contribution in [2.24, 2.45) is 0 Å². The van der Waals surface area contributed by atoms with E-state index in [0.717, 1.165) is 11.3 Å². The molecule has 0 bridgehead atoms. The lowest BCUT2D eigenvalue weighted by molar-refractivity contribution is 0.230. The molecule has 0 aliphatic carbocycles. The van der Waals surface area contributed by atoms with Gasteiger partial charge in [-0.1, -0.05) is 12.1 Å². The van der Waals surface area contributed by atoms with Gasteiger partial charge in [-0.05, 0) is 49.7 Å². The monoisotopic (exact) mass is 289 g/mol. The lowest BCUT2D eigenvalue weighted by atomic mass is 10.2. The molecule has 3 nitrogen and oxygen atoms in total. The van der Waals surface area contributed by atoms with Crippen molar-refractivity contribution in [1.82, 2.24) is 0 Å². The summed E-state index contributed by atoms with van der Waals surface area (Å²) >= 11 is 0. The van der Waals surface area contributed by atoms with Gasteiger partial charge >= 0.3 is 0 Å². The van der Waals surface area contributed by atoms with E-state index in [1.165, 1.54) is 12.1 Å². The smallest absolute Gasteiger partial charge is 0.161 e. The second kappa shape index (κ2) is 6.97. The minimum Gasteiger partial charge on any atom is -0.493 e. The number of rotatable bonds is 6. The third kappa shape index (κ3) is 4.38. The van der Waals surface area contributed by atoms with Gasteiger partial charge in [0.05, 0.1) is 13.2 Å². The van der Waals surface area contributed by atoms with Crippen molar-refractivity contribution in [3.05, 3.63) is 53.8 Å². The quantitative estimate of drug-likeness (QED) is 0.863. The van der Waals surface area contributed by atoms with E-state index in [9.17, 15) is 4.39 Å². The van der Waals surface area contributed by atoms with Gasteiger partial charge in [0.15, 0.2) is 11.5 Å². The van der Waals surface area contributed by atoms with Crippen LogP contribution in [0.15, 0.2) is 42.5 Å². The Hall–Kier alpha value is -2.23. The third-order valence-corrected chi connectivity index (χ3v) is 2.91. The maximum Gasteiger partial charge on any atom is 0.161 e. The van der Waals surface area contributed by atoms with Crippen LogP contribution in [-0.2, 0) is 6.54 Å². The molecule has 2 aromatic rings. The first-order valence-electron chi connectivity index (χ1n) is 6.91. The highest BCUT2D eigenvalue weighted by Crippen LogP contribution is 2.29. The summed E-state index contributed by atoms with van der Waals surface area (Å²) in [5.41, 5.74) is 1.79. The summed E-state index contributed by atoms with van der Waals surface area (Å²) in [4.78, 5) is 0. The Kier molecular flexibility index (Phi) is 5.04. The fourth-order valence-corrected chi connectivity index (χ4v) is 1.98. The number of halogens is 1. The fourth-order valence-electron chi connectivity index (χ4n) is 1.98. The van der Waals surface area contributed by atoms with Crippen LogP contribution >= 0.6 is 0 Å². The van der Waals surface area contributed by atoms with Crippen LogP contribution in [0.4, 0.5) is 10.1 Å². The van der Waals surface area contributed by atoms with E-state index in [0.29, 0.717) is 18.0 Å². The molecule has 2 rings (SSSR count). The van der Waals surface area contributed by atoms with Crippen LogP contribution < -0.4 is 14.8 Å². The minimum absolute atomic E-state index is 0.0744. The summed E-state index contributed by atoms with van der Waals surface area (Å²) in [5, 5.41) is 3.18. The average Bonchev–Trinajstić information content (AvgIpc) is 2.45. The molecule has 0 heterocycles. The third-order valence-electron chi connectivity index (χ3n) is 2.91. The minimum atomic E-state index is -0.251. The van der Waals surface area contributed by atoms with E-state index in [1.54, 1.807) is 13.2 Å². The molecule has 21 heavy (non-hydrogen) atoms. The first-order valence-corrected chi connectivity index (χ1v) is 6.91. The predicted molar refractivity (Wildman–Crippen MR) is 82.5 cm³/mol. The molecule has 0 aliphatic heterocycles. The number of ether oxygens (including phenoxy) is 2. The number of nitrogens with one attached hydrogen (secondary N) is 1. The topological polar surface area (TPSA) is 30.5 Å². The Morgan fingerprint density at radius 2 is 1.90 bits per heavy atom. The molecule has 0 radical (unpaired) electrons. The molecule has 0 unspecified atom stereocenters. The fraction of sp³-hybridized carbons (Fsp3) is 0.294. The highest BCUT2D eigenvalue weighted by Gasteiger charge is 2.07. The van der Waals surface area contributed by atoms with Gasteiger partial charge in [0, 0.05) is 12.2 Å². The van der Waals surface area contributed by atoms with Crippen molar-refractivity contribution in [3.63, 3.8) is 0 Å². The molecule has 0 aromatic heterocycles. The van der Waals surface area contributed by atoms with Crippen LogP contribution in [0.25, 0.3) is 0 Å². The van der Waals surface area contributed by atoms with Gasteiger partial charge in [-0.2, -0.15) is 0 Å². The van der Waals surface area contributed by atoms with E-state index >= 15 is 0 Å². The molecule has 0 fully saturated rings. The van der Waals surface area contributed by atoms with E-state index in [4.69, 9.17) is 9.47 Å². The zero-order valence-electron chi connectivity index (χ0n) is 12.5. The molecule has 0 amide bonds. The van der Waals surface area contributed by atoms with Gasteiger partial charge in [0.2, 0.25) is 0 Å². The molecule has 0 saturated carbocycles. The number of benzene rings is 2. The largest absolute Gasteiger partial charge is 0.493 e. The molecular weight excluding hydrogens is 269 g/mol. The van der Waals surface area contributed by atoms with Crippen LogP contribution in [-0.4, -0.2) is 13.2 Å². The Morgan fingerprint density at radius 1 is 1.10 bits per heavy atom. The van der Waals surface area contributed by atoms with Crippen LogP contribution in [0.3, 0.4) is 0 Å². The summed E-state index contributed by atoms with van der Waals surface area (Å²) < 4.78 is 24.1. The van der Waals surface area contributed by atoms with Crippen LogP contribution in [0.1, 0.15) is 19.4 Å². The average molecular weight is 289 g/mol. The zero-order chi connectivity index (χ0) is 15.2. The van der Waals surface area contributed by atoms with Crippen molar-refractivity contribution < 1.29 is 13.9 Å². The summed E-state index contributed by atoms with van der Waals surface area (Å²) in [6, 6.07) is 12.2. The molecule has 0 aliphatic rings. The molecule has 0 spiro atoms. The second-order valence-electron chi connectivity index (χ2n) is 5.02. The standard InChI is InChI=1S/C17H20FNO2/c1-12(2)21-17-9-13(7-8-16(17)20-3)11-19-15-6-4-5-14(18)10-15/h4-10,12,19H,11H2,1-3H3. The Morgan fingerprint density at radius 3 is 2.57 bits per heavy atom. The summed E-state index contributed by atoms with van der Waals surface area (Å²) in [5.74, 6) is 1.17. The first-order chi connectivity index (χ1) is 10.1. The number of hydrogen-bond acceptors (Lipinski definition) is 3.